The van der Waals surface area contributed by atoms with E-state index in [9.17, 15) is 17.6 Å². The zero-order valence-corrected chi connectivity index (χ0v) is 10.9. The maximum Gasteiger partial charge on any atom is 0.251 e. The summed E-state index contributed by atoms with van der Waals surface area (Å²) in [4.78, 5) is 11.0. The molecule has 0 atom stereocenters. The first-order valence-corrected chi connectivity index (χ1v) is 6.87. The minimum atomic E-state index is -4.18. The summed E-state index contributed by atoms with van der Waals surface area (Å²) in [5, 5.41) is 7.45. The number of nitrogens with two attached hydrogens (primary N) is 1. The minimum absolute atomic E-state index is 0.0566. The summed E-state index contributed by atoms with van der Waals surface area (Å²) in [6.45, 7) is 4.28. The van der Waals surface area contributed by atoms with Crippen LogP contribution >= 0.6 is 0 Å². The van der Waals surface area contributed by atoms with E-state index in [4.69, 9.17) is 5.14 Å². The average Bonchev–Trinajstić information content (AvgIpc) is 2.24. The third-order valence-electron chi connectivity index (χ3n) is 2.17. The normalized spacial score (nSPS) is 11.6. The van der Waals surface area contributed by atoms with Gasteiger partial charge in [-0.2, -0.15) is 0 Å². The summed E-state index contributed by atoms with van der Waals surface area (Å²) in [7, 11) is -4.18. The number of nitrogens with one attached hydrogen (secondary N) is 1. The zero-order valence-electron chi connectivity index (χ0n) is 10.1. The van der Waals surface area contributed by atoms with Crippen LogP contribution in [0.2, 0.25) is 0 Å². The summed E-state index contributed by atoms with van der Waals surface area (Å²) in [6.07, 6.45) is 0. The third kappa shape index (κ3) is 3.78. The quantitative estimate of drug-likeness (QED) is 0.853. The Morgan fingerprint density at radius 1 is 1.44 bits per heavy atom. The number of benzene rings is 1. The van der Waals surface area contributed by atoms with Gasteiger partial charge in [-0.3, -0.25) is 4.79 Å². The molecule has 0 heterocycles. The van der Waals surface area contributed by atoms with Crippen molar-refractivity contribution in [2.45, 2.75) is 18.7 Å². The van der Waals surface area contributed by atoms with Crippen LogP contribution in [0.1, 0.15) is 24.2 Å². The van der Waals surface area contributed by atoms with E-state index in [0.717, 1.165) is 12.1 Å². The second kappa shape index (κ2) is 5.45. The Balaban J connectivity index is 3.02. The molecule has 100 valence electrons. The van der Waals surface area contributed by atoms with Gasteiger partial charge in [0.15, 0.2) is 0 Å². The van der Waals surface area contributed by atoms with Crippen LogP contribution in [-0.2, 0) is 10.0 Å². The Kier molecular flexibility index (Phi) is 4.42. The summed E-state index contributed by atoms with van der Waals surface area (Å²) in [5.41, 5.74) is 0.0566. The van der Waals surface area contributed by atoms with Crippen molar-refractivity contribution in [3.8, 4) is 0 Å². The smallest absolute Gasteiger partial charge is 0.251 e. The first kappa shape index (κ1) is 14.6. The van der Waals surface area contributed by atoms with Gasteiger partial charge in [0.1, 0.15) is 10.7 Å². The summed E-state index contributed by atoms with van der Waals surface area (Å²) >= 11 is 0. The molecule has 0 radical (unpaired) electrons. The molecule has 7 heteroatoms. The maximum atomic E-state index is 13.3. The molecule has 0 unspecified atom stereocenters. The van der Waals surface area contributed by atoms with Crippen molar-refractivity contribution in [2.75, 3.05) is 6.54 Å². The molecule has 0 spiro atoms. The Bertz CT molecular complexity index is 555. The number of hydrogen-bond acceptors (Lipinski definition) is 3. The van der Waals surface area contributed by atoms with Crippen LogP contribution in [0.25, 0.3) is 0 Å². The van der Waals surface area contributed by atoms with Crippen molar-refractivity contribution < 1.29 is 17.6 Å². The number of amides is 1. The van der Waals surface area contributed by atoms with E-state index in [1.54, 1.807) is 0 Å². The van der Waals surface area contributed by atoms with E-state index in [1.165, 1.54) is 6.07 Å². The number of carbonyl (C=O) groups is 1. The van der Waals surface area contributed by atoms with Crippen molar-refractivity contribution in [1.29, 1.82) is 0 Å². The lowest BCUT2D eigenvalue weighted by atomic mass is 10.2. The van der Waals surface area contributed by atoms with Gasteiger partial charge >= 0.3 is 0 Å². The highest BCUT2D eigenvalue weighted by Gasteiger charge is 2.17. The molecule has 18 heavy (non-hydrogen) atoms. The van der Waals surface area contributed by atoms with Crippen molar-refractivity contribution >= 4 is 15.9 Å². The van der Waals surface area contributed by atoms with Gasteiger partial charge in [-0.05, 0) is 24.1 Å². The molecule has 1 aromatic rings. The number of primary sulfonamides is 1. The topological polar surface area (TPSA) is 89.3 Å². The molecule has 0 fully saturated rings. The highest BCUT2D eigenvalue weighted by Crippen LogP contribution is 2.14. The molecule has 5 nitrogen and oxygen atoms in total. The predicted octanol–water partition coefficient (Wildman–Crippen LogP) is 0.859. The molecule has 0 aromatic heterocycles. The lowest BCUT2D eigenvalue weighted by Gasteiger charge is -2.08. The fourth-order valence-electron chi connectivity index (χ4n) is 1.26. The Morgan fingerprint density at radius 3 is 2.56 bits per heavy atom. The van der Waals surface area contributed by atoms with Crippen molar-refractivity contribution in [3.05, 3.63) is 29.6 Å². The number of sulfonamides is 1. The zero-order chi connectivity index (χ0) is 13.9. The molecule has 0 aliphatic heterocycles. The SMILES string of the molecule is CC(C)CNC(=O)c1ccc(F)c(S(N)(=O)=O)c1. The number of hydrogen-bond donors (Lipinski definition) is 2. The fourth-order valence-corrected chi connectivity index (χ4v) is 1.89. The molecule has 0 bridgehead atoms. The van der Waals surface area contributed by atoms with Gasteiger partial charge in [0.25, 0.3) is 5.91 Å². The van der Waals surface area contributed by atoms with Gasteiger partial charge in [-0.15, -0.1) is 0 Å². The largest absolute Gasteiger partial charge is 0.352 e. The summed E-state index contributed by atoms with van der Waals surface area (Å²) in [6, 6.07) is 3.05. The van der Waals surface area contributed by atoms with E-state index in [-0.39, 0.29) is 11.5 Å². The second-order valence-electron chi connectivity index (χ2n) is 4.29. The van der Waals surface area contributed by atoms with Crippen LogP contribution in [0, 0.1) is 11.7 Å². The first-order valence-electron chi connectivity index (χ1n) is 5.32. The van der Waals surface area contributed by atoms with Gasteiger partial charge in [-0.1, -0.05) is 13.8 Å². The van der Waals surface area contributed by atoms with Crippen molar-refractivity contribution in [2.24, 2.45) is 11.1 Å². The lowest BCUT2D eigenvalue weighted by Crippen LogP contribution is -2.27. The molecule has 1 rings (SSSR count). The second-order valence-corrected chi connectivity index (χ2v) is 5.82. The Hall–Kier alpha value is -1.47. The molecule has 1 amide bonds. The van der Waals surface area contributed by atoms with Gasteiger partial charge in [0.05, 0.1) is 0 Å². The lowest BCUT2D eigenvalue weighted by molar-refractivity contribution is 0.0948. The van der Waals surface area contributed by atoms with E-state index in [1.807, 2.05) is 13.8 Å². The average molecular weight is 274 g/mol. The minimum Gasteiger partial charge on any atom is -0.352 e. The van der Waals surface area contributed by atoms with Crippen LogP contribution in [0.4, 0.5) is 4.39 Å². The molecule has 0 saturated heterocycles. The standard InChI is InChI=1S/C11H15FN2O3S/c1-7(2)6-14-11(15)8-3-4-9(12)10(5-8)18(13,16)17/h3-5,7H,6H2,1-2H3,(H,14,15)(H2,13,16,17). The number of halogens is 1. The van der Waals surface area contributed by atoms with Crippen LogP contribution in [0.5, 0.6) is 0 Å². The monoisotopic (exact) mass is 274 g/mol. The molecular weight excluding hydrogens is 259 g/mol. The van der Waals surface area contributed by atoms with E-state index in [0.29, 0.717) is 6.54 Å². The van der Waals surface area contributed by atoms with Gasteiger partial charge in [0, 0.05) is 12.1 Å². The van der Waals surface area contributed by atoms with E-state index >= 15 is 0 Å². The Labute approximate surface area is 105 Å². The first-order chi connectivity index (χ1) is 8.21. The van der Waals surface area contributed by atoms with Gasteiger partial charge < -0.3 is 5.32 Å². The van der Waals surface area contributed by atoms with Crippen molar-refractivity contribution in [1.82, 2.24) is 5.32 Å². The molecule has 0 aliphatic carbocycles. The van der Waals surface area contributed by atoms with Crippen LogP contribution in [-0.4, -0.2) is 20.9 Å². The van der Waals surface area contributed by atoms with Gasteiger partial charge in [0.2, 0.25) is 10.0 Å². The predicted molar refractivity (Wildman–Crippen MR) is 64.9 cm³/mol. The third-order valence-corrected chi connectivity index (χ3v) is 3.10. The van der Waals surface area contributed by atoms with Crippen LogP contribution in [0.3, 0.4) is 0 Å². The maximum absolute atomic E-state index is 13.3. The van der Waals surface area contributed by atoms with Crippen molar-refractivity contribution in [3.63, 3.8) is 0 Å². The fraction of sp³-hybridized carbons (Fsp3) is 0.364. The van der Waals surface area contributed by atoms with E-state index < -0.39 is 26.6 Å². The molecular formula is C11H15FN2O3S. The summed E-state index contributed by atoms with van der Waals surface area (Å²) in [5.74, 6) is -1.18. The molecule has 1 aromatic carbocycles. The highest BCUT2D eigenvalue weighted by atomic mass is 32.2. The van der Waals surface area contributed by atoms with E-state index in [2.05, 4.69) is 5.32 Å². The number of rotatable bonds is 4. The van der Waals surface area contributed by atoms with Crippen LogP contribution in [0.15, 0.2) is 23.1 Å². The highest BCUT2D eigenvalue weighted by molar-refractivity contribution is 7.89. The van der Waals surface area contributed by atoms with Crippen LogP contribution < -0.4 is 10.5 Å². The summed E-state index contributed by atoms with van der Waals surface area (Å²) < 4.78 is 35.5. The number of carbonyl (C=O) groups excluding carboxylic acids is 1. The molecule has 0 aliphatic rings. The Morgan fingerprint density at radius 2 is 2.06 bits per heavy atom. The van der Waals surface area contributed by atoms with Gasteiger partial charge in [-0.25, -0.2) is 17.9 Å². The molecule has 3 N–H and O–H groups in total. The molecule has 0 saturated carbocycles.